The van der Waals surface area contributed by atoms with Crippen LogP contribution in [-0.4, -0.2) is 19.1 Å². The fourth-order valence-electron chi connectivity index (χ4n) is 2.34. The summed E-state index contributed by atoms with van der Waals surface area (Å²) in [4.78, 5) is 12.5. The largest absolute Gasteiger partial charge is 0.490 e. The minimum atomic E-state index is -0.136. The van der Waals surface area contributed by atoms with Gasteiger partial charge in [0.05, 0.1) is 24.8 Å². The number of ether oxygens (including phenoxy) is 2. The third kappa shape index (κ3) is 4.63. The van der Waals surface area contributed by atoms with Crippen LogP contribution in [0.15, 0.2) is 42.5 Å². The third-order valence-corrected chi connectivity index (χ3v) is 4.47. The van der Waals surface area contributed by atoms with E-state index in [9.17, 15) is 4.79 Å². The number of halogens is 1. The zero-order chi connectivity index (χ0) is 17.5. The Morgan fingerprint density at radius 3 is 2.42 bits per heavy atom. The molecule has 2 rings (SSSR count). The smallest absolute Gasteiger partial charge is 0.252 e. The van der Waals surface area contributed by atoms with E-state index in [0.29, 0.717) is 24.5 Å². The normalized spacial score (nSPS) is 11.7. The zero-order valence-corrected chi connectivity index (χ0v) is 16.3. The minimum absolute atomic E-state index is 0.0839. The number of carbonyl (C=O) groups excluding carboxylic acids is 1. The lowest BCUT2D eigenvalue weighted by Crippen LogP contribution is -2.27. The Labute approximate surface area is 156 Å². The monoisotopic (exact) mass is 439 g/mol. The van der Waals surface area contributed by atoms with Crippen molar-refractivity contribution in [2.24, 2.45) is 0 Å². The first-order valence-electron chi connectivity index (χ1n) is 8.01. The van der Waals surface area contributed by atoms with Crippen molar-refractivity contribution in [1.82, 2.24) is 5.32 Å². The van der Waals surface area contributed by atoms with Crippen molar-refractivity contribution < 1.29 is 14.3 Å². The summed E-state index contributed by atoms with van der Waals surface area (Å²) in [5.41, 5.74) is 1.65. The van der Waals surface area contributed by atoms with Gasteiger partial charge >= 0.3 is 0 Å². The van der Waals surface area contributed by atoms with Gasteiger partial charge < -0.3 is 14.8 Å². The number of rotatable bonds is 7. The predicted molar refractivity (Wildman–Crippen MR) is 104 cm³/mol. The summed E-state index contributed by atoms with van der Waals surface area (Å²) >= 11 is 2.17. The van der Waals surface area contributed by atoms with E-state index in [1.54, 1.807) is 0 Å². The molecule has 1 amide bonds. The Hall–Kier alpha value is -1.76. The van der Waals surface area contributed by atoms with Crippen molar-refractivity contribution >= 4 is 28.5 Å². The molecule has 1 N–H and O–H groups in total. The molecule has 0 unspecified atom stereocenters. The standard InChI is InChI=1S/C19H22INO3/c1-4-23-17-11-10-14(12-18(17)24-5-2)13(3)21-19(22)15-8-6-7-9-16(15)20/h6-13H,4-5H2,1-3H3,(H,21,22)/t13-/m1/s1. The quantitative estimate of drug-likeness (QED) is 0.643. The van der Waals surface area contributed by atoms with Crippen molar-refractivity contribution in [1.29, 1.82) is 0 Å². The number of amides is 1. The van der Waals surface area contributed by atoms with Gasteiger partial charge in [-0.2, -0.15) is 0 Å². The van der Waals surface area contributed by atoms with Gasteiger partial charge in [0.25, 0.3) is 5.91 Å². The number of hydrogen-bond acceptors (Lipinski definition) is 3. The molecule has 1 atom stereocenters. The maximum absolute atomic E-state index is 12.5. The molecule has 0 aliphatic carbocycles. The highest BCUT2D eigenvalue weighted by atomic mass is 127. The molecule has 5 heteroatoms. The molecule has 0 saturated carbocycles. The van der Waals surface area contributed by atoms with Gasteiger partial charge in [0.1, 0.15) is 0 Å². The van der Waals surface area contributed by atoms with E-state index >= 15 is 0 Å². The van der Waals surface area contributed by atoms with Gasteiger partial charge in [-0.3, -0.25) is 4.79 Å². The Bertz CT molecular complexity index is 703. The Balaban J connectivity index is 2.17. The molecule has 2 aromatic carbocycles. The van der Waals surface area contributed by atoms with E-state index < -0.39 is 0 Å². The van der Waals surface area contributed by atoms with Crippen LogP contribution in [0.1, 0.15) is 42.7 Å². The minimum Gasteiger partial charge on any atom is -0.490 e. The van der Waals surface area contributed by atoms with E-state index in [0.717, 1.165) is 14.9 Å². The molecule has 0 aliphatic heterocycles. The highest BCUT2D eigenvalue weighted by Crippen LogP contribution is 2.30. The number of nitrogens with one attached hydrogen (secondary N) is 1. The van der Waals surface area contributed by atoms with Gasteiger partial charge in [-0.1, -0.05) is 18.2 Å². The van der Waals surface area contributed by atoms with Crippen molar-refractivity contribution in [2.45, 2.75) is 26.8 Å². The third-order valence-electron chi connectivity index (χ3n) is 3.53. The SMILES string of the molecule is CCOc1ccc([C@@H](C)NC(=O)c2ccccc2I)cc1OCC. The molecule has 0 heterocycles. The molecule has 0 bridgehead atoms. The molecule has 0 fully saturated rings. The molecule has 2 aromatic rings. The summed E-state index contributed by atoms with van der Waals surface area (Å²) < 4.78 is 12.2. The van der Waals surface area contributed by atoms with Crippen LogP contribution < -0.4 is 14.8 Å². The molecular weight excluding hydrogens is 417 g/mol. The molecule has 4 nitrogen and oxygen atoms in total. The lowest BCUT2D eigenvalue weighted by atomic mass is 10.1. The maximum Gasteiger partial charge on any atom is 0.252 e. The fourth-order valence-corrected chi connectivity index (χ4v) is 2.97. The second-order valence-corrected chi connectivity index (χ2v) is 6.41. The van der Waals surface area contributed by atoms with Crippen LogP contribution >= 0.6 is 22.6 Å². The van der Waals surface area contributed by atoms with Crippen LogP contribution in [0.4, 0.5) is 0 Å². The van der Waals surface area contributed by atoms with Crippen LogP contribution in [0.5, 0.6) is 11.5 Å². The molecule has 0 aliphatic rings. The van der Waals surface area contributed by atoms with Gasteiger partial charge in [-0.25, -0.2) is 0 Å². The number of benzene rings is 2. The topological polar surface area (TPSA) is 47.6 Å². The van der Waals surface area contributed by atoms with Crippen molar-refractivity contribution in [3.63, 3.8) is 0 Å². The molecule has 0 saturated heterocycles. The Kier molecular flexibility index (Phi) is 6.90. The molecule has 128 valence electrons. The fraction of sp³-hybridized carbons (Fsp3) is 0.316. The Morgan fingerprint density at radius 2 is 1.75 bits per heavy atom. The summed E-state index contributed by atoms with van der Waals surface area (Å²) in [6.45, 7) is 6.97. The van der Waals surface area contributed by atoms with Gasteiger partial charge in [0.15, 0.2) is 11.5 Å². The predicted octanol–water partition coefficient (Wildman–Crippen LogP) is 4.58. The van der Waals surface area contributed by atoms with Gasteiger partial charge in [0, 0.05) is 3.57 Å². The highest BCUT2D eigenvalue weighted by molar-refractivity contribution is 14.1. The van der Waals surface area contributed by atoms with Crippen LogP contribution in [0, 0.1) is 3.57 Å². The summed E-state index contributed by atoms with van der Waals surface area (Å²) in [6, 6.07) is 13.2. The molecule has 0 radical (unpaired) electrons. The van der Waals surface area contributed by atoms with E-state index in [2.05, 4.69) is 27.9 Å². The first-order chi connectivity index (χ1) is 11.6. The van der Waals surface area contributed by atoms with Crippen molar-refractivity contribution in [3.05, 3.63) is 57.2 Å². The second kappa shape index (κ2) is 8.92. The van der Waals surface area contributed by atoms with E-state index in [-0.39, 0.29) is 11.9 Å². The lowest BCUT2D eigenvalue weighted by Gasteiger charge is -2.18. The zero-order valence-electron chi connectivity index (χ0n) is 14.1. The van der Waals surface area contributed by atoms with Gasteiger partial charge in [-0.05, 0) is 73.2 Å². The van der Waals surface area contributed by atoms with E-state index in [1.807, 2.05) is 63.2 Å². The molecule has 0 spiro atoms. The summed E-state index contributed by atoms with van der Waals surface area (Å²) in [5.74, 6) is 1.34. The molecule has 24 heavy (non-hydrogen) atoms. The van der Waals surface area contributed by atoms with Crippen molar-refractivity contribution in [3.8, 4) is 11.5 Å². The van der Waals surface area contributed by atoms with Crippen molar-refractivity contribution in [2.75, 3.05) is 13.2 Å². The Morgan fingerprint density at radius 1 is 1.08 bits per heavy atom. The number of hydrogen-bond donors (Lipinski definition) is 1. The summed E-state index contributed by atoms with van der Waals surface area (Å²) in [6.07, 6.45) is 0. The summed E-state index contributed by atoms with van der Waals surface area (Å²) in [7, 11) is 0. The maximum atomic E-state index is 12.5. The van der Waals surface area contributed by atoms with E-state index in [4.69, 9.17) is 9.47 Å². The van der Waals surface area contributed by atoms with Gasteiger partial charge in [-0.15, -0.1) is 0 Å². The van der Waals surface area contributed by atoms with E-state index in [1.165, 1.54) is 0 Å². The average molecular weight is 439 g/mol. The second-order valence-electron chi connectivity index (χ2n) is 5.25. The first kappa shape index (κ1) is 18.6. The average Bonchev–Trinajstić information content (AvgIpc) is 2.57. The molecule has 0 aromatic heterocycles. The van der Waals surface area contributed by atoms with Gasteiger partial charge in [0.2, 0.25) is 0 Å². The summed E-state index contributed by atoms with van der Waals surface area (Å²) in [5, 5.41) is 3.03. The lowest BCUT2D eigenvalue weighted by molar-refractivity contribution is 0.0939. The van der Waals surface area contributed by atoms with Crippen LogP contribution in [-0.2, 0) is 0 Å². The van der Waals surface area contributed by atoms with Crippen LogP contribution in [0.2, 0.25) is 0 Å². The highest BCUT2D eigenvalue weighted by Gasteiger charge is 2.15. The number of carbonyl (C=O) groups is 1. The molecular formula is C19H22INO3. The van der Waals surface area contributed by atoms with Crippen LogP contribution in [0.25, 0.3) is 0 Å². The first-order valence-corrected chi connectivity index (χ1v) is 9.09. The van der Waals surface area contributed by atoms with Crippen LogP contribution in [0.3, 0.4) is 0 Å².